The standard InChI is InChI=1S/C19H16BrN9O/c1-11-23-15-4-3-14(6-16(15)24-11)29-17(9-28-19(30)27(2)10-22-28)25-18(26-29)12-5-13(20)8-21-7-12/h3-8,10H,9H2,1-2H3,(H,23,24). The van der Waals surface area contributed by atoms with Crippen molar-refractivity contribution in [3.63, 3.8) is 0 Å². The first kappa shape index (κ1) is 18.4. The fourth-order valence-corrected chi connectivity index (χ4v) is 3.59. The lowest BCUT2D eigenvalue weighted by Crippen LogP contribution is -2.24. The highest BCUT2D eigenvalue weighted by atomic mass is 79.9. The normalized spacial score (nSPS) is 11.4. The van der Waals surface area contributed by atoms with Gasteiger partial charge in [-0.25, -0.2) is 24.1 Å². The molecule has 5 aromatic rings. The number of rotatable bonds is 4. The summed E-state index contributed by atoms with van der Waals surface area (Å²) in [7, 11) is 1.66. The third kappa shape index (κ3) is 3.22. The van der Waals surface area contributed by atoms with Crippen molar-refractivity contribution in [3.05, 3.63) is 69.6 Å². The molecule has 0 bridgehead atoms. The number of hydrogen-bond acceptors (Lipinski definition) is 6. The second-order valence-electron chi connectivity index (χ2n) is 6.86. The van der Waals surface area contributed by atoms with Crippen LogP contribution in [0.25, 0.3) is 28.1 Å². The summed E-state index contributed by atoms with van der Waals surface area (Å²) >= 11 is 3.43. The molecule has 0 radical (unpaired) electrons. The van der Waals surface area contributed by atoms with Gasteiger partial charge < -0.3 is 4.98 Å². The number of aromatic nitrogens is 9. The average Bonchev–Trinajstić information content (AvgIpc) is 3.40. The van der Waals surface area contributed by atoms with Crippen LogP contribution in [0.4, 0.5) is 0 Å². The summed E-state index contributed by atoms with van der Waals surface area (Å²) in [4.78, 5) is 28.9. The van der Waals surface area contributed by atoms with E-state index in [0.29, 0.717) is 11.6 Å². The van der Waals surface area contributed by atoms with Gasteiger partial charge in [0.25, 0.3) is 0 Å². The molecule has 4 heterocycles. The maximum absolute atomic E-state index is 12.3. The van der Waals surface area contributed by atoms with Gasteiger partial charge in [0.05, 0.1) is 16.7 Å². The largest absolute Gasteiger partial charge is 0.345 e. The minimum Gasteiger partial charge on any atom is -0.342 e. The van der Waals surface area contributed by atoms with Crippen LogP contribution in [0.15, 0.2) is 52.3 Å². The van der Waals surface area contributed by atoms with E-state index in [0.717, 1.165) is 32.6 Å². The highest BCUT2D eigenvalue weighted by Gasteiger charge is 2.17. The fourth-order valence-electron chi connectivity index (χ4n) is 3.23. The molecule has 0 saturated carbocycles. The van der Waals surface area contributed by atoms with E-state index in [-0.39, 0.29) is 12.2 Å². The minimum atomic E-state index is -0.227. The van der Waals surface area contributed by atoms with Crippen molar-refractivity contribution in [2.75, 3.05) is 0 Å². The molecule has 0 aliphatic heterocycles. The molecule has 5 rings (SSSR count). The Hall–Kier alpha value is -3.60. The van der Waals surface area contributed by atoms with Crippen LogP contribution in [0, 0.1) is 6.92 Å². The molecule has 0 aliphatic rings. The number of pyridine rings is 1. The van der Waals surface area contributed by atoms with Crippen molar-refractivity contribution in [2.45, 2.75) is 13.5 Å². The Kier molecular flexibility index (Phi) is 4.31. The SMILES string of the molecule is Cc1nc2ccc(-n3nc(-c4cncc(Br)c4)nc3Cn3ncn(C)c3=O)cc2[nH]1. The summed E-state index contributed by atoms with van der Waals surface area (Å²) in [5.41, 5.74) is 3.10. The van der Waals surface area contributed by atoms with Crippen LogP contribution >= 0.6 is 15.9 Å². The summed E-state index contributed by atoms with van der Waals surface area (Å²) in [6, 6.07) is 7.69. The van der Waals surface area contributed by atoms with E-state index < -0.39 is 0 Å². The molecule has 0 amide bonds. The van der Waals surface area contributed by atoms with E-state index in [9.17, 15) is 4.79 Å². The van der Waals surface area contributed by atoms with E-state index in [1.54, 1.807) is 24.1 Å². The second kappa shape index (κ2) is 7.02. The lowest BCUT2D eigenvalue weighted by molar-refractivity contribution is 0.606. The van der Waals surface area contributed by atoms with Gasteiger partial charge in [-0.1, -0.05) is 0 Å². The zero-order valence-electron chi connectivity index (χ0n) is 16.1. The summed E-state index contributed by atoms with van der Waals surface area (Å²) in [6.45, 7) is 2.08. The number of H-pyrrole nitrogens is 1. The molecule has 30 heavy (non-hydrogen) atoms. The molecule has 0 saturated heterocycles. The maximum atomic E-state index is 12.3. The van der Waals surface area contributed by atoms with Crippen LogP contribution in [0.5, 0.6) is 0 Å². The van der Waals surface area contributed by atoms with Gasteiger partial charge in [0.2, 0.25) is 0 Å². The number of nitrogens with one attached hydrogen (secondary N) is 1. The molecule has 0 fully saturated rings. The molecule has 0 unspecified atom stereocenters. The quantitative estimate of drug-likeness (QED) is 0.435. The molecule has 1 aromatic carbocycles. The number of imidazole rings is 1. The van der Waals surface area contributed by atoms with Crippen molar-refractivity contribution < 1.29 is 0 Å². The Balaban J connectivity index is 1.66. The van der Waals surface area contributed by atoms with Crippen LogP contribution in [-0.2, 0) is 13.6 Å². The van der Waals surface area contributed by atoms with Gasteiger partial charge in [-0.05, 0) is 47.1 Å². The Morgan fingerprint density at radius 3 is 2.80 bits per heavy atom. The first-order chi connectivity index (χ1) is 14.5. The third-order valence-corrected chi connectivity index (χ3v) is 5.08. The van der Waals surface area contributed by atoms with E-state index >= 15 is 0 Å². The summed E-state index contributed by atoms with van der Waals surface area (Å²) in [5, 5.41) is 8.84. The molecule has 150 valence electrons. The molecular weight excluding hydrogens is 450 g/mol. The van der Waals surface area contributed by atoms with Gasteiger partial charge in [-0.3, -0.25) is 9.55 Å². The number of aryl methyl sites for hydroxylation is 2. The fraction of sp³-hybridized carbons (Fsp3) is 0.158. The molecule has 1 N–H and O–H groups in total. The van der Waals surface area contributed by atoms with E-state index in [2.05, 4.69) is 41.0 Å². The second-order valence-corrected chi connectivity index (χ2v) is 7.78. The first-order valence-corrected chi connectivity index (χ1v) is 9.89. The Bertz CT molecular complexity index is 1440. The van der Waals surface area contributed by atoms with Crippen molar-refractivity contribution in [1.29, 1.82) is 0 Å². The number of hydrogen-bond donors (Lipinski definition) is 1. The van der Waals surface area contributed by atoms with Gasteiger partial charge in [-0.15, -0.1) is 5.10 Å². The first-order valence-electron chi connectivity index (χ1n) is 9.10. The van der Waals surface area contributed by atoms with Gasteiger partial charge in [0.15, 0.2) is 11.6 Å². The third-order valence-electron chi connectivity index (χ3n) is 4.64. The highest BCUT2D eigenvalue weighted by molar-refractivity contribution is 9.10. The van der Waals surface area contributed by atoms with Crippen molar-refractivity contribution in [2.24, 2.45) is 7.05 Å². The molecular formula is C19H16BrN9O. The van der Waals surface area contributed by atoms with Crippen molar-refractivity contribution in [1.82, 2.24) is 44.1 Å². The predicted molar refractivity (Wildman–Crippen MR) is 113 cm³/mol. The highest BCUT2D eigenvalue weighted by Crippen LogP contribution is 2.22. The van der Waals surface area contributed by atoms with Gasteiger partial charge in [-0.2, -0.15) is 5.10 Å². The van der Waals surface area contributed by atoms with Crippen molar-refractivity contribution in [3.8, 4) is 17.1 Å². The van der Waals surface area contributed by atoms with Crippen LogP contribution < -0.4 is 5.69 Å². The average molecular weight is 466 g/mol. The summed E-state index contributed by atoms with van der Waals surface area (Å²) < 4.78 is 5.31. The smallest absolute Gasteiger partial charge is 0.342 e. The number of fused-ring (bicyclic) bond motifs is 1. The summed E-state index contributed by atoms with van der Waals surface area (Å²) in [6.07, 6.45) is 4.87. The zero-order chi connectivity index (χ0) is 20.8. The topological polar surface area (TPSA) is 112 Å². The Morgan fingerprint density at radius 2 is 2.03 bits per heavy atom. The number of aromatic amines is 1. The van der Waals surface area contributed by atoms with Gasteiger partial charge in [0, 0.05) is 29.5 Å². The predicted octanol–water partition coefficient (Wildman–Crippen LogP) is 2.22. The van der Waals surface area contributed by atoms with E-state index in [1.165, 1.54) is 15.6 Å². The lowest BCUT2D eigenvalue weighted by atomic mass is 10.3. The number of benzene rings is 1. The van der Waals surface area contributed by atoms with Crippen LogP contribution in [0.2, 0.25) is 0 Å². The molecule has 0 atom stereocenters. The minimum absolute atomic E-state index is 0.175. The van der Waals surface area contributed by atoms with Gasteiger partial charge in [0.1, 0.15) is 18.7 Å². The van der Waals surface area contributed by atoms with Crippen molar-refractivity contribution >= 4 is 27.0 Å². The summed E-state index contributed by atoms with van der Waals surface area (Å²) in [5.74, 6) is 1.91. The molecule has 0 spiro atoms. The van der Waals surface area contributed by atoms with E-state index in [1.807, 2.05) is 31.2 Å². The number of nitrogens with zero attached hydrogens (tertiary/aromatic N) is 8. The monoisotopic (exact) mass is 465 g/mol. The maximum Gasteiger partial charge on any atom is 0.345 e. The zero-order valence-corrected chi connectivity index (χ0v) is 17.7. The molecule has 11 heteroatoms. The Morgan fingerprint density at radius 1 is 1.17 bits per heavy atom. The number of halogens is 1. The lowest BCUT2D eigenvalue weighted by Gasteiger charge is -2.05. The molecule has 4 aromatic heterocycles. The van der Waals surface area contributed by atoms with Crippen LogP contribution in [-0.4, -0.2) is 44.1 Å². The molecule has 10 nitrogen and oxygen atoms in total. The van der Waals surface area contributed by atoms with Crippen LogP contribution in [0.3, 0.4) is 0 Å². The van der Waals surface area contributed by atoms with Gasteiger partial charge >= 0.3 is 5.69 Å². The van der Waals surface area contributed by atoms with E-state index in [4.69, 9.17) is 5.10 Å². The molecule has 0 aliphatic carbocycles. The Labute approximate surface area is 178 Å². The van der Waals surface area contributed by atoms with Crippen LogP contribution in [0.1, 0.15) is 11.6 Å².